The fraction of sp³-hybridized carbons (Fsp3) is 0.600. The first-order valence-corrected chi connectivity index (χ1v) is 8.39. The van der Waals surface area contributed by atoms with Crippen LogP contribution < -0.4 is 5.32 Å². The predicted octanol–water partition coefficient (Wildman–Crippen LogP) is 5.44. The summed E-state index contributed by atoms with van der Waals surface area (Å²) >= 11 is 7.15. The molecular weight excluding hydrogens is 354 g/mol. The van der Waals surface area contributed by atoms with Crippen molar-refractivity contribution in [2.75, 3.05) is 0 Å². The molecule has 0 aromatic heterocycles. The lowest BCUT2D eigenvalue weighted by atomic mass is 10.0. The van der Waals surface area contributed by atoms with Gasteiger partial charge in [-0.2, -0.15) is 0 Å². The molecule has 1 aromatic carbocycles. The smallest absolute Gasteiger partial charge is 0.0305 e. The van der Waals surface area contributed by atoms with Crippen LogP contribution in [0, 0.1) is 5.92 Å². The van der Waals surface area contributed by atoms with Gasteiger partial charge >= 0.3 is 0 Å². The van der Waals surface area contributed by atoms with Crippen LogP contribution in [-0.4, -0.2) is 6.04 Å². The molecule has 1 N–H and O–H groups in total. The lowest BCUT2D eigenvalue weighted by Crippen LogP contribution is -2.31. The van der Waals surface area contributed by atoms with Crippen LogP contribution in [0.2, 0.25) is 0 Å². The van der Waals surface area contributed by atoms with Crippen molar-refractivity contribution in [2.24, 2.45) is 5.92 Å². The van der Waals surface area contributed by atoms with Crippen LogP contribution >= 0.6 is 31.9 Å². The monoisotopic (exact) mass is 373 g/mol. The zero-order chi connectivity index (χ0) is 13.1. The Bertz CT molecular complexity index is 401. The number of nitrogens with one attached hydrogen (secondary N) is 1. The average Bonchev–Trinajstić information content (AvgIpc) is 3.11. The van der Waals surface area contributed by atoms with Crippen molar-refractivity contribution in [1.82, 2.24) is 5.32 Å². The zero-order valence-electron chi connectivity index (χ0n) is 11.0. The molecule has 0 saturated heterocycles. The largest absolute Gasteiger partial charge is 0.307 e. The zero-order valence-corrected chi connectivity index (χ0v) is 14.2. The molecule has 100 valence electrons. The third-order valence-electron chi connectivity index (χ3n) is 3.72. The quantitative estimate of drug-likeness (QED) is 0.698. The molecule has 0 radical (unpaired) electrons. The normalized spacial score (nSPS) is 18.7. The molecule has 2 rings (SSSR count). The molecule has 0 heterocycles. The fourth-order valence-corrected chi connectivity index (χ4v) is 3.79. The minimum Gasteiger partial charge on any atom is -0.307 e. The van der Waals surface area contributed by atoms with E-state index < -0.39 is 0 Å². The molecule has 1 aliphatic carbocycles. The lowest BCUT2D eigenvalue weighted by molar-refractivity contribution is 0.403. The average molecular weight is 375 g/mol. The highest BCUT2D eigenvalue weighted by molar-refractivity contribution is 9.11. The first-order chi connectivity index (χ1) is 8.60. The Balaban J connectivity index is 1.98. The highest BCUT2D eigenvalue weighted by Gasteiger charge is 2.25. The van der Waals surface area contributed by atoms with Crippen LogP contribution in [0.3, 0.4) is 0 Å². The molecule has 0 spiro atoms. The van der Waals surface area contributed by atoms with E-state index in [9.17, 15) is 0 Å². The van der Waals surface area contributed by atoms with Crippen molar-refractivity contribution < 1.29 is 0 Å². The van der Waals surface area contributed by atoms with Crippen molar-refractivity contribution in [3.05, 3.63) is 32.7 Å². The van der Waals surface area contributed by atoms with Gasteiger partial charge in [0.2, 0.25) is 0 Å². The molecule has 0 amide bonds. The van der Waals surface area contributed by atoms with E-state index in [0.29, 0.717) is 12.1 Å². The lowest BCUT2D eigenvalue weighted by Gasteiger charge is -2.23. The molecule has 0 aliphatic heterocycles. The molecule has 2 unspecified atom stereocenters. The second-order valence-electron chi connectivity index (χ2n) is 5.34. The summed E-state index contributed by atoms with van der Waals surface area (Å²) in [5, 5.41) is 3.77. The molecule has 1 fully saturated rings. The maximum Gasteiger partial charge on any atom is 0.0305 e. The minimum atomic E-state index is 0.399. The van der Waals surface area contributed by atoms with Crippen molar-refractivity contribution in [1.29, 1.82) is 0 Å². The molecule has 0 bridgehead atoms. The summed E-state index contributed by atoms with van der Waals surface area (Å²) in [5.41, 5.74) is 1.34. The molecule has 3 heteroatoms. The van der Waals surface area contributed by atoms with Crippen LogP contribution in [0.4, 0.5) is 0 Å². The Hall–Kier alpha value is 0.140. The van der Waals surface area contributed by atoms with Crippen LogP contribution in [0.25, 0.3) is 0 Å². The van der Waals surface area contributed by atoms with E-state index in [2.05, 4.69) is 69.2 Å². The van der Waals surface area contributed by atoms with Crippen molar-refractivity contribution in [3.8, 4) is 0 Å². The van der Waals surface area contributed by atoms with Crippen LogP contribution in [0.5, 0.6) is 0 Å². The summed E-state index contributed by atoms with van der Waals surface area (Å²) < 4.78 is 2.30. The summed E-state index contributed by atoms with van der Waals surface area (Å²) in [6, 6.07) is 7.48. The van der Waals surface area contributed by atoms with E-state index >= 15 is 0 Å². The van der Waals surface area contributed by atoms with Crippen LogP contribution in [0.15, 0.2) is 27.1 Å². The molecule has 18 heavy (non-hydrogen) atoms. The SMILES string of the molecule is CCC(CC1CC1)NC(C)c1ccc(Br)cc1Br. The second kappa shape index (κ2) is 6.53. The van der Waals surface area contributed by atoms with Gasteiger partial charge in [-0.3, -0.25) is 0 Å². The summed E-state index contributed by atoms with van der Waals surface area (Å²) in [7, 11) is 0. The van der Waals surface area contributed by atoms with Gasteiger partial charge < -0.3 is 5.32 Å². The van der Waals surface area contributed by atoms with Gasteiger partial charge in [0, 0.05) is 21.0 Å². The van der Waals surface area contributed by atoms with E-state index in [0.717, 1.165) is 10.4 Å². The Morgan fingerprint density at radius 2 is 2.06 bits per heavy atom. The maximum absolute atomic E-state index is 3.77. The Morgan fingerprint density at radius 1 is 1.33 bits per heavy atom. The van der Waals surface area contributed by atoms with Crippen molar-refractivity contribution in [2.45, 2.75) is 51.6 Å². The molecule has 1 aromatic rings. The first-order valence-electron chi connectivity index (χ1n) is 6.81. The van der Waals surface area contributed by atoms with Crippen LogP contribution in [0.1, 0.15) is 51.1 Å². The standard InChI is InChI=1S/C15H21Br2N/c1-3-13(8-11-4-5-11)18-10(2)14-7-6-12(16)9-15(14)17/h6-7,9-11,13,18H,3-5,8H2,1-2H3. The fourth-order valence-electron chi connectivity index (χ4n) is 2.40. The van der Waals surface area contributed by atoms with E-state index in [-0.39, 0.29) is 0 Å². The number of benzene rings is 1. The molecule has 1 nitrogen and oxygen atoms in total. The van der Waals surface area contributed by atoms with Gasteiger partial charge in [-0.15, -0.1) is 0 Å². The molecule has 1 saturated carbocycles. The highest BCUT2D eigenvalue weighted by atomic mass is 79.9. The Morgan fingerprint density at radius 3 is 2.61 bits per heavy atom. The van der Waals surface area contributed by atoms with E-state index in [1.165, 1.54) is 35.7 Å². The summed E-state index contributed by atoms with van der Waals surface area (Å²) in [4.78, 5) is 0. The topological polar surface area (TPSA) is 12.0 Å². The summed E-state index contributed by atoms with van der Waals surface area (Å²) in [6.45, 7) is 4.53. The van der Waals surface area contributed by atoms with Crippen molar-refractivity contribution >= 4 is 31.9 Å². The summed E-state index contributed by atoms with van der Waals surface area (Å²) in [6.07, 6.45) is 5.44. The first kappa shape index (κ1) is 14.5. The maximum atomic E-state index is 3.77. The molecule has 2 atom stereocenters. The van der Waals surface area contributed by atoms with Gasteiger partial charge in [-0.05, 0) is 43.4 Å². The van der Waals surface area contributed by atoms with Gasteiger partial charge in [0.25, 0.3) is 0 Å². The van der Waals surface area contributed by atoms with Gasteiger partial charge in [0.15, 0.2) is 0 Å². The third-order valence-corrected chi connectivity index (χ3v) is 4.90. The Kier molecular flexibility index (Phi) is 5.28. The summed E-state index contributed by atoms with van der Waals surface area (Å²) in [5.74, 6) is 0.989. The number of halogens is 2. The second-order valence-corrected chi connectivity index (χ2v) is 7.11. The Labute approximate surface area is 127 Å². The van der Waals surface area contributed by atoms with Crippen molar-refractivity contribution in [3.63, 3.8) is 0 Å². The van der Waals surface area contributed by atoms with Gasteiger partial charge in [-0.1, -0.05) is 57.7 Å². The van der Waals surface area contributed by atoms with E-state index in [1.54, 1.807) is 0 Å². The molecule has 1 aliphatic rings. The number of rotatable bonds is 6. The van der Waals surface area contributed by atoms with E-state index in [4.69, 9.17) is 0 Å². The van der Waals surface area contributed by atoms with E-state index in [1.807, 2.05) is 0 Å². The highest BCUT2D eigenvalue weighted by Crippen LogP contribution is 2.35. The minimum absolute atomic E-state index is 0.399. The predicted molar refractivity (Wildman–Crippen MR) is 84.8 cm³/mol. The number of hydrogen-bond acceptors (Lipinski definition) is 1. The number of hydrogen-bond donors (Lipinski definition) is 1. The van der Waals surface area contributed by atoms with Gasteiger partial charge in [0.05, 0.1) is 0 Å². The third kappa shape index (κ3) is 4.07. The van der Waals surface area contributed by atoms with Gasteiger partial charge in [-0.25, -0.2) is 0 Å². The van der Waals surface area contributed by atoms with Crippen LogP contribution in [-0.2, 0) is 0 Å². The van der Waals surface area contributed by atoms with Gasteiger partial charge in [0.1, 0.15) is 0 Å². The molecular formula is C15H21Br2N.